The molecule has 0 aliphatic heterocycles. The molecule has 0 amide bonds. The van der Waals surface area contributed by atoms with Gasteiger partial charge in [0.05, 0.1) is 28.4 Å². The van der Waals surface area contributed by atoms with Crippen molar-refractivity contribution in [1.82, 2.24) is 19.5 Å². The van der Waals surface area contributed by atoms with Crippen LogP contribution in [0, 0.1) is 17.1 Å². The van der Waals surface area contributed by atoms with Gasteiger partial charge in [0.25, 0.3) is 0 Å². The summed E-state index contributed by atoms with van der Waals surface area (Å²) in [5.74, 6) is 1.34. The minimum absolute atomic E-state index is 0.303. The molecule has 0 saturated carbocycles. The summed E-state index contributed by atoms with van der Waals surface area (Å²) in [6.07, 6.45) is 0. The first-order valence-corrected chi connectivity index (χ1v) is 16.9. The Morgan fingerprint density at radius 3 is 1.77 bits per heavy atom. The van der Waals surface area contributed by atoms with E-state index in [1.165, 1.54) is 6.07 Å². The molecule has 0 fully saturated rings. The Morgan fingerprint density at radius 2 is 1.04 bits per heavy atom. The number of hydrogen-bond donors (Lipinski definition) is 0. The monoisotopic (exact) mass is 669 g/mol. The first-order chi connectivity index (χ1) is 25.6. The van der Waals surface area contributed by atoms with Crippen molar-refractivity contribution in [3.05, 3.63) is 181 Å². The zero-order chi connectivity index (χ0) is 35.0. The number of aromatic nitrogens is 4. The van der Waals surface area contributed by atoms with E-state index in [2.05, 4.69) is 47.0 Å². The lowest BCUT2D eigenvalue weighted by Crippen LogP contribution is -2.04. The summed E-state index contributed by atoms with van der Waals surface area (Å²) in [6, 6.07) is 57.2. The summed E-state index contributed by atoms with van der Waals surface area (Å²) in [5.41, 5.74) is 9.41. The van der Waals surface area contributed by atoms with Crippen molar-refractivity contribution in [1.29, 1.82) is 5.26 Å². The first-order valence-electron chi connectivity index (χ1n) is 16.9. The van der Waals surface area contributed by atoms with Crippen LogP contribution < -0.4 is 0 Å². The number of fused-ring (bicyclic) bond motifs is 3. The van der Waals surface area contributed by atoms with Gasteiger partial charge < -0.3 is 4.57 Å². The molecule has 9 rings (SSSR count). The molecule has 0 aliphatic rings. The average Bonchev–Trinajstić information content (AvgIpc) is 3.54. The molecule has 6 heteroatoms. The van der Waals surface area contributed by atoms with Crippen molar-refractivity contribution in [3.8, 4) is 68.2 Å². The number of nitrogens with zero attached hydrogens (tertiary/aromatic N) is 5. The maximum Gasteiger partial charge on any atom is 0.166 e. The smallest absolute Gasteiger partial charge is 0.166 e. The van der Waals surface area contributed by atoms with E-state index in [1.807, 2.05) is 115 Å². The molecule has 2 heterocycles. The van der Waals surface area contributed by atoms with Crippen molar-refractivity contribution in [2.75, 3.05) is 0 Å². The van der Waals surface area contributed by atoms with Gasteiger partial charge in [-0.2, -0.15) is 5.26 Å². The van der Waals surface area contributed by atoms with Crippen LogP contribution in [0.25, 0.3) is 83.9 Å². The van der Waals surface area contributed by atoms with E-state index in [4.69, 9.17) is 15.0 Å². The van der Waals surface area contributed by atoms with Crippen LogP contribution in [0.4, 0.5) is 4.39 Å². The maximum atomic E-state index is 14.6. The van der Waals surface area contributed by atoms with Crippen LogP contribution in [0.5, 0.6) is 0 Å². The average molecular weight is 670 g/mol. The molecule has 0 bridgehead atoms. The van der Waals surface area contributed by atoms with Gasteiger partial charge in [0.1, 0.15) is 5.82 Å². The van der Waals surface area contributed by atoms with E-state index in [0.717, 1.165) is 66.4 Å². The second-order valence-corrected chi connectivity index (χ2v) is 12.5. The summed E-state index contributed by atoms with van der Waals surface area (Å²) in [5, 5.41) is 12.0. The van der Waals surface area contributed by atoms with Gasteiger partial charge >= 0.3 is 0 Å². The highest BCUT2D eigenvalue weighted by molar-refractivity contribution is 6.11. The fourth-order valence-corrected chi connectivity index (χ4v) is 6.91. The third kappa shape index (κ3) is 5.47. The number of rotatable bonds is 6. The van der Waals surface area contributed by atoms with Crippen LogP contribution in [-0.2, 0) is 0 Å². The van der Waals surface area contributed by atoms with Crippen molar-refractivity contribution in [2.24, 2.45) is 0 Å². The molecule has 0 saturated heterocycles. The van der Waals surface area contributed by atoms with Crippen LogP contribution >= 0.6 is 0 Å². The van der Waals surface area contributed by atoms with Gasteiger partial charge in [-0.25, -0.2) is 19.3 Å². The Balaban J connectivity index is 1.34. The number of para-hydroxylation sites is 1. The van der Waals surface area contributed by atoms with Crippen molar-refractivity contribution in [2.45, 2.75) is 0 Å². The Labute approximate surface area is 299 Å². The van der Waals surface area contributed by atoms with Gasteiger partial charge in [0, 0.05) is 27.5 Å². The molecule has 7 aromatic carbocycles. The van der Waals surface area contributed by atoms with Crippen molar-refractivity contribution in [3.63, 3.8) is 0 Å². The normalized spacial score (nSPS) is 11.2. The molecular weight excluding hydrogens is 642 g/mol. The summed E-state index contributed by atoms with van der Waals surface area (Å²) >= 11 is 0. The lowest BCUT2D eigenvalue weighted by molar-refractivity contribution is 0.628. The van der Waals surface area contributed by atoms with E-state index in [9.17, 15) is 9.65 Å². The third-order valence-corrected chi connectivity index (χ3v) is 9.37. The SMILES string of the molecule is N#Cc1ccccc1-c1ccc2c(c1)c1ccccc1n2-c1cc(-c2cccc(F)c2)ccc1-c1nc(-c2ccccc2)nc(-c2ccccc2)n1. The lowest BCUT2D eigenvalue weighted by atomic mass is 9.98. The molecule has 0 radical (unpaired) electrons. The van der Waals surface area contributed by atoms with Gasteiger partial charge in [-0.15, -0.1) is 0 Å². The summed E-state index contributed by atoms with van der Waals surface area (Å²) in [6.45, 7) is 0. The third-order valence-electron chi connectivity index (χ3n) is 9.37. The molecule has 2 aromatic heterocycles. The fraction of sp³-hybridized carbons (Fsp3) is 0. The number of halogens is 1. The van der Waals surface area contributed by atoms with Gasteiger partial charge in [-0.05, 0) is 70.8 Å². The number of nitriles is 1. The molecule has 5 nitrogen and oxygen atoms in total. The maximum absolute atomic E-state index is 14.6. The second-order valence-electron chi connectivity index (χ2n) is 12.5. The Hall–Kier alpha value is -7.23. The minimum Gasteiger partial charge on any atom is -0.308 e. The van der Waals surface area contributed by atoms with Crippen LogP contribution in [-0.4, -0.2) is 19.5 Å². The van der Waals surface area contributed by atoms with Crippen LogP contribution in [0.1, 0.15) is 5.56 Å². The Bertz CT molecular complexity index is 2760. The Morgan fingerprint density at radius 1 is 0.442 bits per heavy atom. The predicted molar refractivity (Wildman–Crippen MR) is 206 cm³/mol. The quantitative estimate of drug-likeness (QED) is 0.177. The zero-order valence-corrected chi connectivity index (χ0v) is 27.8. The molecule has 0 atom stereocenters. The largest absolute Gasteiger partial charge is 0.308 e. The molecule has 244 valence electrons. The second kappa shape index (κ2) is 12.9. The molecule has 0 aliphatic carbocycles. The lowest BCUT2D eigenvalue weighted by Gasteiger charge is -2.16. The van der Waals surface area contributed by atoms with Gasteiger partial charge in [0.2, 0.25) is 0 Å². The molecule has 0 unspecified atom stereocenters. The van der Waals surface area contributed by atoms with Gasteiger partial charge in [-0.3, -0.25) is 0 Å². The topological polar surface area (TPSA) is 67.4 Å². The first kappa shape index (κ1) is 30.8. The van der Waals surface area contributed by atoms with E-state index >= 15 is 0 Å². The summed E-state index contributed by atoms with van der Waals surface area (Å²) in [7, 11) is 0. The van der Waals surface area contributed by atoms with E-state index in [0.29, 0.717) is 23.0 Å². The van der Waals surface area contributed by atoms with Crippen LogP contribution in [0.15, 0.2) is 170 Å². The van der Waals surface area contributed by atoms with Crippen molar-refractivity contribution >= 4 is 21.8 Å². The summed E-state index contributed by atoms with van der Waals surface area (Å²) < 4.78 is 16.8. The molecule has 52 heavy (non-hydrogen) atoms. The van der Waals surface area contributed by atoms with Crippen LogP contribution in [0.2, 0.25) is 0 Å². The summed E-state index contributed by atoms with van der Waals surface area (Å²) in [4.78, 5) is 15.1. The van der Waals surface area contributed by atoms with Gasteiger partial charge in [0.15, 0.2) is 17.5 Å². The standard InChI is InChI=1S/C46H28FN5/c47-36-18-11-17-32(26-36)33-22-24-39(46-50-44(30-12-3-1-4-13-30)49-45(51-46)31-14-5-2-6-15-31)43(28-33)52-41-21-10-9-20-38(41)40-27-34(23-25-42(40)52)37-19-8-7-16-35(37)29-48/h1-28H. The number of hydrogen-bond acceptors (Lipinski definition) is 4. The van der Waals surface area contributed by atoms with Crippen molar-refractivity contribution < 1.29 is 4.39 Å². The molecular formula is C46H28FN5. The molecule has 0 spiro atoms. The molecule has 9 aromatic rings. The van der Waals surface area contributed by atoms with E-state index < -0.39 is 0 Å². The Kier molecular flexibility index (Phi) is 7.64. The minimum atomic E-state index is -0.303. The molecule has 0 N–H and O–H groups in total. The predicted octanol–water partition coefficient (Wildman–Crippen LogP) is 11.3. The van der Waals surface area contributed by atoms with E-state index in [-0.39, 0.29) is 5.82 Å². The van der Waals surface area contributed by atoms with Gasteiger partial charge in [-0.1, -0.05) is 121 Å². The highest BCUT2D eigenvalue weighted by Gasteiger charge is 2.21. The highest BCUT2D eigenvalue weighted by Crippen LogP contribution is 2.40. The highest BCUT2D eigenvalue weighted by atomic mass is 19.1. The van der Waals surface area contributed by atoms with Crippen LogP contribution in [0.3, 0.4) is 0 Å². The van der Waals surface area contributed by atoms with E-state index in [1.54, 1.807) is 12.1 Å². The zero-order valence-electron chi connectivity index (χ0n) is 27.8. The fourth-order valence-electron chi connectivity index (χ4n) is 6.91. The number of benzene rings is 7.